The van der Waals surface area contributed by atoms with Crippen LogP contribution in [0.15, 0.2) is 84.9 Å². The van der Waals surface area contributed by atoms with Crippen LogP contribution in [0.4, 0.5) is 11.4 Å². The van der Waals surface area contributed by atoms with E-state index in [1.807, 2.05) is 80.6 Å². The highest BCUT2D eigenvalue weighted by molar-refractivity contribution is 6.03. The monoisotopic (exact) mass is 450 g/mol. The Morgan fingerprint density at radius 3 is 2.38 bits per heavy atom. The third kappa shape index (κ3) is 4.50. The van der Waals surface area contributed by atoms with Crippen molar-refractivity contribution in [1.29, 1.82) is 0 Å². The second-order valence-electron chi connectivity index (χ2n) is 8.82. The molecule has 2 amide bonds. The van der Waals surface area contributed by atoms with Crippen molar-refractivity contribution in [1.82, 2.24) is 0 Å². The zero-order chi connectivity index (χ0) is 23.7. The Labute approximate surface area is 199 Å². The second-order valence-corrected chi connectivity index (χ2v) is 8.82. The van der Waals surface area contributed by atoms with Crippen molar-refractivity contribution in [2.75, 3.05) is 16.8 Å². The van der Waals surface area contributed by atoms with Gasteiger partial charge in [-0.1, -0.05) is 48.0 Å². The van der Waals surface area contributed by atoms with E-state index < -0.39 is 0 Å². The van der Waals surface area contributed by atoms with Gasteiger partial charge in [0.25, 0.3) is 0 Å². The highest BCUT2D eigenvalue weighted by atomic mass is 16.5. The first-order valence-electron chi connectivity index (χ1n) is 11.4. The van der Waals surface area contributed by atoms with Crippen molar-refractivity contribution in [2.45, 2.75) is 20.3 Å². The molecule has 170 valence electrons. The van der Waals surface area contributed by atoms with Gasteiger partial charge in [-0.15, -0.1) is 0 Å². The molecule has 0 saturated carbocycles. The molecule has 0 unspecified atom stereocenters. The molecule has 0 aromatic heterocycles. The van der Waals surface area contributed by atoms with Gasteiger partial charge in [0, 0.05) is 24.3 Å². The molecule has 1 aliphatic rings. The molecule has 1 aliphatic heterocycles. The van der Waals surface area contributed by atoms with Crippen molar-refractivity contribution in [3.8, 4) is 11.5 Å². The van der Waals surface area contributed by atoms with Crippen LogP contribution in [0.2, 0.25) is 0 Å². The van der Waals surface area contributed by atoms with Gasteiger partial charge in [-0.3, -0.25) is 9.59 Å². The molecular weight excluding hydrogens is 424 g/mol. The summed E-state index contributed by atoms with van der Waals surface area (Å²) in [5.41, 5.74) is 3.74. The van der Waals surface area contributed by atoms with E-state index in [2.05, 4.69) is 23.5 Å². The summed E-state index contributed by atoms with van der Waals surface area (Å²) < 4.78 is 5.98. The van der Waals surface area contributed by atoms with E-state index in [9.17, 15) is 9.59 Å². The summed E-state index contributed by atoms with van der Waals surface area (Å²) in [6.07, 6.45) is 0.211. The average Bonchev–Trinajstić information content (AvgIpc) is 3.22. The molecule has 4 aromatic carbocycles. The predicted molar refractivity (Wildman–Crippen MR) is 135 cm³/mol. The maximum atomic E-state index is 12.9. The quantitative estimate of drug-likeness (QED) is 0.391. The largest absolute Gasteiger partial charge is 0.457 e. The van der Waals surface area contributed by atoms with E-state index >= 15 is 0 Å². The minimum atomic E-state index is -0.387. The number of amides is 2. The number of nitrogens with zero attached hydrogens (tertiary/aromatic N) is 1. The van der Waals surface area contributed by atoms with Crippen molar-refractivity contribution in [2.24, 2.45) is 5.92 Å². The Hall–Kier alpha value is -4.12. The minimum absolute atomic E-state index is 0.0220. The van der Waals surface area contributed by atoms with Gasteiger partial charge in [0.1, 0.15) is 11.5 Å². The van der Waals surface area contributed by atoms with Crippen LogP contribution < -0.4 is 15.0 Å². The standard InChI is InChI=1S/C29H26N2O3/c1-19-7-14-27(20(2)15-19)31-18-23(17-28(31)32)29(33)30-24-9-12-25(13-10-24)34-26-11-8-21-5-3-4-6-22(21)16-26/h3-16,23H,17-18H2,1-2H3,(H,30,33)/t23-/m0/s1. The van der Waals surface area contributed by atoms with Crippen LogP contribution in [0.1, 0.15) is 17.5 Å². The fourth-order valence-electron chi connectivity index (χ4n) is 4.44. The number of hydrogen-bond donors (Lipinski definition) is 1. The van der Waals surface area contributed by atoms with Crippen molar-refractivity contribution in [3.63, 3.8) is 0 Å². The number of carbonyl (C=O) groups is 2. The van der Waals surface area contributed by atoms with Crippen molar-refractivity contribution >= 4 is 34.0 Å². The smallest absolute Gasteiger partial charge is 0.229 e. The Bertz CT molecular complexity index is 1380. The fraction of sp³-hybridized carbons (Fsp3) is 0.172. The fourth-order valence-corrected chi connectivity index (χ4v) is 4.44. The zero-order valence-corrected chi connectivity index (χ0v) is 19.2. The Balaban J connectivity index is 1.22. The first-order valence-corrected chi connectivity index (χ1v) is 11.4. The summed E-state index contributed by atoms with van der Waals surface area (Å²) in [5.74, 6) is 0.883. The van der Waals surface area contributed by atoms with E-state index in [0.29, 0.717) is 18.0 Å². The molecule has 1 heterocycles. The lowest BCUT2D eigenvalue weighted by Gasteiger charge is -2.19. The van der Waals surface area contributed by atoms with Gasteiger partial charge >= 0.3 is 0 Å². The number of rotatable bonds is 5. The topological polar surface area (TPSA) is 58.6 Å². The lowest BCUT2D eigenvalue weighted by atomic mass is 10.1. The molecule has 34 heavy (non-hydrogen) atoms. The molecule has 0 spiro atoms. The molecule has 0 aliphatic carbocycles. The van der Waals surface area contributed by atoms with Crippen LogP contribution in [-0.2, 0) is 9.59 Å². The van der Waals surface area contributed by atoms with E-state index in [1.165, 1.54) is 0 Å². The highest BCUT2D eigenvalue weighted by Crippen LogP contribution is 2.30. The number of aryl methyl sites for hydroxylation is 2. The van der Waals surface area contributed by atoms with E-state index in [-0.39, 0.29) is 24.2 Å². The van der Waals surface area contributed by atoms with Crippen LogP contribution in [0.5, 0.6) is 11.5 Å². The van der Waals surface area contributed by atoms with Crippen molar-refractivity contribution < 1.29 is 14.3 Å². The molecule has 5 nitrogen and oxygen atoms in total. The number of anilines is 2. The Morgan fingerprint density at radius 2 is 1.62 bits per heavy atom. The molecule has 1 atom stereocenters. The number of benzene rings is 4. The van der Waals surface area contributed by atoms with Crippen LogP contribution in [0.3, 0.4) is 0 Å². The molecule has 5 rings (SSSR count). The maximum absolute atomic E-state index is 12.9. The Morgan fingerprint density at radius 1 is 0.882 bits per heavy atom. The van der Waals surface area contributed by atoms with Gasteiger partial charge in [-0.05, 0) is 72.6 Å². The minimum Gasteiger partial charge on any atom is -0.457 e. The van der Waals surface area contributed by atoms with E-state index in [4.69, 9.17) is 4.74 Å². The van der Waals surface area contributed by atoms with Gasteiger partial charge in [0.15, 0.2) is 0 Å². The van der Waals surface area contributed by atoms with Gasteiger partial charge < -0.3 is 15.0 Å². The van der Waals surface area contributed by atoms with Gasteiger partial charge in [-0.25, -0.2) is 0 Å². The maximum Gasteiger partial charge on any atom is 0.229 e. The number of nitrogens with one attached hydrogen (secondary N) is 1. The van der Waals surface area contributed by atoms with Crippen LogP contribution >= 0.6 is 0 Å². The second kappa shape index (κ2) is 9.02. The third-order valence-electron chi connectivity index (χ3n) is 6.22. The lowest BCUT2D eigenvalue weighted by molar-refractivity contribution is -0.122. The number of carbonyl (C=O) groups excluding carboxylic acids is 2. The molecule has 0 bridgehead atoms. The summed E-state index contributed by atoms with van der Waals surface area (Å²) in [6, 6.07) is 27.4. The molecule has 4 aromatic rings. The SMILES string of the molecule is Cc1ccc(N2C[C@@H](C(=O)Nc3ccc(Oc4ccc5ccccc5c4)cc3)CC2=O)c(C)c1. The summed E-state index contributed by atoms with van der Waals surface area (Å²) in [5, 5.41) is 5.22. The Kier molecular flexibility index (Phi) is 5.76. The summed E-state index contributed by atoms with van der Waals surface area (Å²) >= 11 is 0. The third-order valence-corrected chi connectivity index (χ3v) is 6.22. The number of ether oxygens (including phenoxy) is 1. The first-order chi connectivity index (χ1) is 16.5. The van der Waals surface area contributed by atoms with Crippen LogP contribution in [0.25, 0.3) is 10.8 Å². The first kappa shape index (κ1) is 21.7. The molecule has 0 radical (unpaired) electrons. The average molecular weight is 451 g/mol. The normalized spacial score (nSPS) is 15.5. The van der Waals surface area contributed by atoms with Gasteiger partial charge in [0.05, 0.1) is 5.92 Å². The van der Waals surface area contributed by atoms with Gasteiger partial charge in [0.2, 0.25) is 11.8 Å². The summed E-state index contributed by atoms with van der Waals surface area (Å²) in [6.45, 7) is 4.40. The number of fused-ring (bicyclic) bond motifs is 1. The molecular formula is C29H26N2O3. The van der Waals surface area contributed by atoms with Crippen molar-refractivity contribution in [3.05, 3.63) is 96.1 Å². The zero-order valence-electron chi connectivity index (χ0n) is 19.2. The van der Waals surface area contributed by atoms with Crippen LogP contribution in [0, 0.1) is 19.8 Å². The summed E-state index contributed by atoms with van der Waals surface area (Å²) in [4.78, 5) is 27.2. The molecule has 5 heteroatoms. The molecule has 1 N–H and O–H groups in total. The highest BCUT2D eigenvalue weighted by Gasteiger charge is 2.35. The van der Waals surface area contributed by atoms with Crippen LogP contribution in [-0.4, -0.2) is 18.4 Å². The lowest BCUT2D eigenvalue weighted by Crippen LogP contribution is -2.28. The van der Waals surface area contributed by atoms with E-state index in [1.54, 1.807) is 4.90 Å². The molecule has 1 saturated heterocycles. The molecule has 1 fully saturated rings. The van der Waals surface area contributed by atoms with E-state index in [0.717, 1.165) is 33.3 Å². The summed E-state index contributed by atoms with van der Waals surface area (Å²) in [7, 11) is 0. The predicted octanol–water partition coefficient (Wildman–Crippen LogP) is 6.24. The number of hydrogen-bond acceptors (Lipinski definition) is 3. The van der Waals surface area contributed by atoms with Gasteiger partial charge in [-0.2, -0.15) is 0 Å².